The number of likely N-dealkylation sites (N-methyl/N-ethyl adjacent to an activating group) is 2. The van der Waals surface area contributed by atoms with Gasteiger partial charge < -0.3 is 50.2 Å². The molecule has 4 rings (SSSR count). The van der Waals surface area contributed by atoms with Crippen LogP contribution in [-0.2, 0) is 54.3 Å². The number of benzene rings is 2. The van der Waals surface area contributed by atoms with Gasteiger partial charge in [-0.15, -0.1) is 0 Å². The minimum absolute atomic E-state index is 0.0370. The summed E-state index contributed by atoms with van der Waals surface area (Å²) in [6.45, 7) is 17.7. The Morgan fingerprint density at radius 1 is 0.840 bits per heavy atom. The van der Waals surface area contributed by atoms with E-state index in [1.165, 1.54) is 49.8 Å². The number of ketones is 1. The maximum Gasteiger partial charge on any atom is 0.329 e. The Kier molecular flexibility index (Phi) is 23.1. The predicted octanol–water partition coefficient (Wildman–Crippen LogP) is 5.68. The SMILES string of the molecule is CC[C@H](C)[C@@H]1CCC(=O)O[C@@H](C(C)C)C(=O)[C@H](C)C(=O)N[C@@H](CC(C)C)C(=O)N2CCC[C@H]2C(=O)N(C)[C@@H](Cc2ccc(OC)cc2)C(=O)O[C@H](C)[C@H](NC(=O)[C@@H](CC(C)C)N(C)C(=O)Nc2ccccc2)C(=O)N1. The number of Topliss-reactive ketones (excluding diaryl/α,β-unsaturated/α-hetero) is 1. The van der Waals surface area contributed by atoms with Crippen LogP contribution in [0.1, 0.15) is 120 Å². The third-order valence-corrected chi connectivity index (χ3v) is 14.3. The fraction of sp³-hybridized carbons (Fsp3) is 0.625. The molecule has 0 aliphatic carbocycles. The molecule has 2 aromatic rings. The summed E-state index contributed by atoms with van der Waals surface area (Å²) in [6.07, 6.45) is -1.40. The molecule has 0 unspecified atom stereocenters. The van der Waals surface area contributed by atoms with E-state index < -0.39 is 114 Å². The number of nitrogens with one attached hydrogen (secondary N) is 4. The molecule has 2 fully saturated rings. The van der Waals surface area contributed by atoms with E-state index in [0.717, 1.165) is 0 Å². The highest BCUT2D eigenvalue weighted by Crippen LogP contribution is 2.26. The van der Waals surface area contributed by atoms with Crippen molar-refractivity contribution in [2.45, 2.75) is 169 Å². The van der Waals surface area contributed by atoms with E-state index in [1.54, 1.807) is 68.4 Å². The summed E-state index contributed by atoms with van der Waals surface area (Å²) in [5.41, 5.74) is 1.12. The Morgan fingerprint density at radius 2 is 1.49 bits per heavy atom. The summed E-state index contributed by atoms with van der Waals surface area (Å²) in [7, 11) is 4.43. The van der Waals surface area contributed by atoms with Crippen LogP contribution in [0.4, 0.5) is 10.5 Å². The number of anilines is 1. The number of hydrogen-bond donors (Lipinski definition) is 4. The quantitative estimate of drug-likeness (QED) is 0.132. The largest absolute Gasteiger partial charge is 0.497 e. The summed E-state index contributed by atoms with van der Waals surface area (Å²) in [5.74, 6) is -7.42. The van der Waals surface area contributed by atoms with Crippen LogP contribution in [0.2, 0.25) is 0 Å². The van der Waals surface area contributed by atoms with Gasteiger partial charge in [-0.1, -0.05) is 92.1 Å². The molecule has 2 saturated heterocycles. The Bertz CT molecular complexity index is 2290. The summed E-state index contributed by atoms with van der Waals surface area (Å²) in [5, 5.41) is 11.4. The van der Waals surface area contributed by atoms with E-state index in [4.69, 9.17) is 14.2 Å². The molecule has 19 nitrogen and oxygen atoms in total. The van der Waals surface area contributed by atoms with Crippen LogP contribution in [0.3, 0.4) is 0 Å². The molecule has 2 aromatic carbocycles. The molecule has 7 amide bonds. The topological polar surface area (TPSA) is 239 Å². The second-order valence-electron chi connectivity index (χ2n) is 21.4. The van der Waals surface area contributed by atoms with Crippen molar-refractivity contribution in [1.29, 1.82) is 0 Å². The number of carbonyl (C=O) groups is 9. The van der Waals surface area contributed by atoms with Crippen molar-refractivity contribution < 1.29 is 57.4 Å². The third-order valence-electron chi connectivity index (χ3n) is 14.3. The number of amides is 7. The van der Waals surface area contributed by atoms with Crippen molar-refractivity contribution in [2.24, 2.45) is 29.6 Å². The van der Waals surface area contributed by atoms with Crippen LogP contribution < -0.4 is 26.0 Å². The molecule has 2 heterocycles. The number of ether oxygens (including phenoxy) is 3. The maximum absolute atomic E-state index is 14.9. The van der Waals surface area contributed by atoms with Gasteiger partial charge in [0.2, 0.25) is 29.5 Å². The molecule has 414 valence electrons. The average molecular weight is 1050 g/mol. The van der Waals surface area contributed by atoms with Crippen LogP contribution in [0.15, 0.2) is 54.6 Å². The Morgan fingerprint density at radius 3 is 2.08 bits per heavy atom. The number of rotatable bonds is 14. The Balaban J connectivity index is 1.85. The fourth-order valence-corrected chi connectivity index (χ4v) is 9.39. The molecular formula is C56H83N7O12. The van der Waals surface area contributed by atoms with Gasteiger partial charge in [-0.05, 0) is 99.5 Å². The molecule has 0 radical (unpaired) electrons. The van der Waals surface area contributed by atoms with Crippen molar-refractivity contribution in [3.63, 3.8) is 0 Å². The standard InChI is InChI=1S/C56H83N7O12/c1-14-35(8)41-26-27-46(64)75-49(34(6)7)48(65)36(9)50(66)59-42(29-32(2)3)53(69)63-28-18-21-43(63)54(70)61(11)45(31-38-22-24-40(73-13)25-23-38)55(71)74-37(10)47(52(68)58-41)60-51(67)44(30-33(4)5)62(12)56(72)57-39-19-16-15-17-20-39/h15-17,19-20,22-25,32-37,41-45,47,49H,14,18,21,26-31H2,1-13H3,(H,57,72)(H,58,68)(H,59,66)(H,60,67)/t35-,36-,37+,41-,42-,43-,44+,45-,47-,49-/m0/s1. The second-order valence-corrected chi connectivity index (χ2v) is 21.4. The van der Waals surface area contributed by atoms with Crippen molar-refractivity contribution in [3.8, 4) is 5.75 Å². The second kappa shape index (κ2) is 28.4. The highest BCUT2D eigenvalue weighted by Gasteiger charge is 2.44. The van der Waals surface area contributed by atoms with E-state index in [9.17, 15) is 43.2 Å². The zero-order valence-corrected chi connectivity index (χ0v) is 46.3. The molecule has 75 heavy (non-hydrogen) atoms. The van der Waals surface area contributed by atoms with Gasteiger partial charge in [0, 0.05) is 45.2 Å². The number of para-hydroxylation sites is 1. The van der Waals surface area contributed by atoms with Crippen LogP contribution in [0, 0.1) is 29.6 Å². The van der Waals surface area contributed by atoms with Crippen molar-refractivity contribution in [1.82, 2.24) is 30.7 Å². The lowest BCUT2D eigenvalue weighted by atomic mass is 9.92. The van der Waals surface area contributed by atoms with Crippen LogP contribution >= 0.6 is 0 Å². The number of fused-ring (bicyclic) bond motifs is 1. The van der Waals surface area contributed by atoms with Crippen molar-refractivity contribution in [3.05, 3.63) is 60.2 Å². The molecule has 0 bridgehead atoms. The molecule has 0 aromatic heterocycles. The summed E-state index contributed by atoms with van der Waals surface area (Å²) in [4.78, 5) is 133. The summed E-state index contributed by atoms with van der Waals surface area (Å²) < 4.78 is 17.4. The van der Waals surface area contributed by atoms with Gasteiger partial charge in [-0.2, -0.15) is 0 Å². The minimum atomic E-state index is -1.58. The minimum Gasteiger partial charge on any atom is -0.497 e. The van der Waals surface area contributed by atoms with Gasteiger partial charge in [0.15, 0.2) is 11.9 Å². The van der Waals surface area contributed by atoms with Crippen LogP contribution in [0.25, 0.3) is 0 Å². The van der Waals surface area contributed by atoms with E-state index in [1.807, 2.05) is 41.5 Å². The fourth-order valence-electron chi connectivity index (χ4n) is 9.39. The predicted molar refractivity (Wildman–Crippen MR) is 283 cm³/mol. The molecule has 10 atom stereocenters. The van der Waals surface area contributed by atoms with Gasteiger partial charge in [0.25, 0.3) is 0 Å². The van der Waals surface area contributed by atoms with Gasteiger partial charge in [-0.25, -0.2) is 9.59 Å². The third kappa shape index (κ3) is 17.0. The average Bonchev–Trinajstić information content (AvgIpc) is 3.87. The summed E-state index contributed by atoms with van der Waals surface area (Å²) in [6, 6.07) is 8.09. The zero-order valence-electron chi connectivity index (χ0n) is 46.3. The first-order chi connectivity index (χ1) is 35.4. The number of esters is 2. The lowest BCUT2D eigenvalue weighted by molar-refractivity contribution is -0.162. The maximum atomic E-state index is 14.9. The van der Waals surface area contributed by atoms with Crippen molar-refractivity contribution in [2.75, 3.05) is 33.1 Å². The number of methoxy groups -OCH3 is 1. The van der Waals surface area contributed by atoms with Gasteiger partial charge >= 0.3 is 18.0 Å². The van der Waals surface area contributed by atoms with Crippen LogP contribution in [-0.4, -0.2) is 144 Å². The monoisotopic (exact) mass is 1050 g/mol. The van der Waals surface area contributed by atoms with E-state index in [0.29, 0.717) is 29.8 Å². The first-order valence-corrected chi connectivity index (χ1v) is 26.5. The van der Waals surface area contributed by atoms with Gasteiger partial charge in [-0.3, -0.25) is 33.6 Å². The molecule has 0 saturated carbocycles. The lowest BCUT2D eigenvalue weighted by Crippen LogP contribution is -2.60. The number of urea groups is 1. The van der Waals surface area contributed by atoms with Gasteiger partial charge in [0.05, 0.1) is 13.0 Å². The molecule has 2 aliphatic heterocycles. The number of nitrogens with zero attached hydrogens (tertiary/aromatic N) is 3. The first-order valence-electron chi connectivity index (χ1n) is 26.5. The normalized spacial score (nSPS) is 24.9. The van der Waals surface area contributed by atoms with Crippen molar-refractivity contribution >= 4 is 59.0 Å². The Labute approximate surface area is 443 Å². The number of carbonyl (C=O) groups excluding carboxylic acids is 9. The van der Waals surface area contributed by atoms with Crippen LogP contribution in [0.5, 0.6) is 5.75 Å². The Hall–Kier alpha value is -6.53. The molecule has 19 heteroatoms. The zero-order chi connectivity index (χ0) is 55.8. The van der Waals surface area contributed by atoms with E-state index in [2.05, 4.69) is 21.3 Å². The lowest BCUT2D eigenvalue weighted by Gasteiger charge is -2.35. The molecular weight excluding hydrogens is 963 g/mol. The molecule has 4 N–H and O–H groups in total. The smallest absolute Gasteiger partial charge is 0.329 e. The number of cyclic esters (lactones) is 2. The summed E-state index contributed by atoms with van der Waals surface area (Å²) >= 11 is 0. The molecule has 2 aliphatic rings. The first kappa shape index (κ1) is 61.0. The number of hydrogen-bond acceptors (Lipinski definition) is 12. The highest BCUT2D eigenvalue weighted by atomic mass is 16.6. The van der Waals surface area contributed by atoms with E-state index >= 15 is 0 Å². The molecule has 0 spiro atoms. The highest BCUT2D eigenvalue weighted by molar-refractivity contribution is 6.05. The van der Waals surface area contributed by atoms with Gasteiger partial charge in [0.1, 0.15) is 42.1 Å². The van der Waals surface area contributed by atoms with E-state index in [-0.39, 0.29) is 62.8 Å².